The van der Waals surface area contributed by atoms with Crippen molar-refractivity contribution in [2.75, 3.05) is 0 Å². The monoisotopic (exact) mass is 245 g/mol. The predicted octanol–water partition coefficient (Wildman–Crippen LogP) is 2.38. The smallest absolute Gasteiger partial charge is 0.409 e. The molecule has 86 valence electrons. The van der Waals surface area contributed by atoms with Crippen molar-refractivity contribution in [1.29, 1.82) is 0 Å². The molecule has 0 saturated heterocycles. The van der Waals surface area contributed by atoms with Crippen LogP contribution in [-0.2, 0) is 4.57 Å². The second kappa shape index (κ2) is 5.69. The van der Waals surface area contributed by atoms with Crippen LogP contribution in [0.15, 0.2) is 60.7 Å². The third-order valence-electron chi connectivity index (χ3n) is 2.50. The average molecular weight is 245 g/mol. The molecule has 1 N–H and O–H groups in total. The van der Waals surface area contributed by atoms with E-state index < -0.39 is 8.18 Å². The Balaban J connectivity index is 2.36. The summed E-state index contributed by atoms with van der Waals surface area (Å²) in [5.74, 6) is 0. The first-order chi connectivity index (χ1) is 8.27. The zero-order chi connectivity index (χ0) is 12.1. The summed E-state index contributed by atoms with van der Waals surface area (Å²) in [7, 11) is -2.64. The van der Waals surface area contributed by atoms with Gasteiger partial charge in [0, 0.05) is 0 Å². The van der Waals surface area contributed by atoms with Crippen molar-refractivity contribution < 1.29 is 9.46 Å². The maximum Gasteiger partial charge on any atom is 0.409 e. The van der Waals surface area contributed by atoms with Gasteiger partial charge >= 0.3 is 8.18 Å². The minimum absolute atomic E-state index is 0.321. The maximum atomic E-state index is 10.9. The SMILES string of the molecule is O=[P+]([O-])NC(c1ccccc1)c1ccccc1. The fourth-order valence-electron chi connectivity index (χ4n) is 1.74. The van der Waals surface area contributed by atoms with E-state index in [2.05, 4.69) is 5.09 Å². The molecule has 0 bridgehead atoms. The second-order valence-corrected chi connectivity index (χ2v) is 4.41. The zero-order valence-corrected chi connectivity index (χ0v) is 10.0. The van der Waals surface area contributed by atoms with Gasteiger partial charge < -0.3 is 4.89 Å². The van der Waals surface area contributed by atoms with E-state index in [1.165, 1.54) is 0 Å². The number of hydrogen-bond donors (Lipinski definition) is 1. The van der Waals surface area contributed by atoms with Crippen LogP contribution in [0.25, 0.3) is 0 Å². The minimum atomic E-state index is -2.64. The van der Waals surface area contributed by atoms with Crippen molar-refractivity contribution in [3.63, 3.8) is 0 Å². The Labute approximate surface area is 101 Å². The Morgan fingerprint density at radius 1 is 0.882 bits per heavy atom. The molecule has 0 aromatic heterocycles. The van der Waals surface area contributed by atoms with Crippen molar-refractivity contribution in [1.82, 2.24) is 5.09 Å². The fourth-order valence-corrected chi connectivity index (χ4v) is 2.25. The highest BCUT2D eigenvalue weighted by molar-refractivity contribution is 7.34. The van der Waals surface area contributed by atoms with Crippen LogP contribution >= 0.6 is 8.18 Å². The lowest BCUT2D eigenvalue weighted by atomic mass is 10.00. The van der Waals surface area contributed by atoms with Crippen molar-refractivity contribution in [2.45, 2.75) is 6.04 Å². The predicted molar refractivity (Wildman–Crippen MR) is 65.5 cm³/mol. The van der Waals surface area contributed by atoms with E-state index in [9.17, 15) is 9.46 Å². The van der Waals surface area contributed by atoms with Crippen LogP contribution in [0.5, 0.6) is 0 Å². The lowest BCUT2D eigenvalue weighted by molar-refractivity contribution is -0.167. The molecule has 2 rings (SSSR count). The molecule has 0 spiro atoms. The van der Waals surface area contributed by atoms with Gasteiger partial charge in [-0.2, -0.15) is 0 Å². The van der Waals surface area contributed by atoms with Gasteiger partial charge in [-0.25, -0.2) is 0 Å². The molecule has 4 heteroatoms. The zero-order valence-electron chi connectivity index (χ0n) is 9.11. The van der Waals surface area contributed by atoms with Gasteiger partial charge in [0.1, 0.15) is 6.04 Å². The summed E-state index contributed by atoms with van der Waals surface area (Å²) in [5, 5.41) is 2.57. The summed E-state index contributed by atoms with van der Waals surface area (Å²) >= 11 is 0. The van der Waals surface area contributed by atoms with Crippen LogP contribution in [0.1, 0.15) is 17.2 Å². The third kappa shape index (κ3) is 3.21. The van der Waals surface area contributed by atoms with Crippen LogP contribution in [0.3, 0.4) is 0 Å². The normalized spacial score (nSPS) is 11.5. The quantitative estimate of drug-likeness (QED) is 0.841. The number of nitrogens with one attached hydrogen (secondary N) is 1. The van der Waals surface area contributed by atoms with E-state index in [1.54, 1.807) is 0 Å². The summed E-state index contributed by atoms with van der Waals surface area (Å²) in [6.45, 7) is 0. The van der Waals surface area contributed by atoms with E-state index >= 15 is 0 Å². The summed E-state index contributed by atoms with van der Waals surface area (Å²) < 4.78 is 10.9. The Kier molecular flexibility index (Phi) is 3.99. The van der Waals surface area contributed by atoms with Crippen molar-refractivity contribution in [3.8, 4) is 0 Å². The Morgan fingerprint density at radius 3 is 1.65 bits per heavy atom. The molecule has 17 heavy (non-hydrogen) atoms. The Bertz CT molecular complexity index is 448. The molecule has 0 saturated carbocycles. The van der Waals surface area contributed by atoms with Gasteiger partial charge in [0.15, 0.2) is 0 Å². The van der Waals surface area contributed by atoms with Gasteiger partial charge in [0.25, 0.3) is 0 Å². The van der Waals surface area contributed by atoms with Crippen LogP contribution in [0, 0.1) is 0 Å². The molecule has 1 atom stereocenters. The van der Waals surface area contributed by atoms with Crippen LogP contribution in [0.4, 0.5) is 0 Å². The molecule has 2 aromatic rings. The van der Waals surface area contributed by atoms with Gasteiger partial charge in [-0.3, -0.25) is 0 Å². The first kappa shape index (κ1) is 11.9. The molecular weight excluding hydrogens is 233 g/mol. The summed E-state index contributed by atoms with van der Waals surface area (Å²) in [6, 6.07) is 18.7. The fraction of sp³-hybridized carbons (Fsp3) is 0.0769. The van der Waals surface area contributed by atoms with Crippen molar-refractivity contribution >= 4 is 8.18 Å². The van der Waals surface area contributed by atoms with Gasteiger partial charge in [0.05, 0.1) is 0 Å². The summed E-state index contributed by atoms with van der Waals surface area (Å²) in [6.07, 6.45) is 0. The first-order valence-electron chi connectivity index (χ1n) is 5.28. The standard InChI is InChI=1S/C13H12NO2P/c15-17(16)14-13(11-7-3-1-4-8-11)12-9-5-2-6-10-12/h1-10,13H,(H,14,15,16). The largest absolute Gasteiger partial charge is 0.578 e. The summed E-state index contributed by atoms with van der Waals surface area (Å²) in [5.41, 5.74) is 1.86. The maximum absolute atomic E-state index is 10.9. The average Bonchev–Trinajstić information content (AvgIpc) is 2.38. The van der Waals surface area contributed by atoms with E-state index in [1.807, 2.05) is 60.7 Å². The first-order valence-corrected chi connectivity index (χ1v) is 6.45. The molecule has 1 unspecified atom stereocenters. The molecule has 0 amide bonds. The third-order valence-corrected chi connectivity index (χ3v) is 2.97. The molecular formula is C13H12NO2P. The van der Waals surface area contributed by atoms with Gasteiger partial charge in [-0.05, 0) is 11.1 Å². The van der Waals surface area contributed by atoms with Crippen LogP contribution in [-0.4, -0.2) is 0 Å². The molecule has 0 aliphatic rings. The molecule has 3 nitrogen and oxygen atoms in total. The van der Waals surface area contributed by atoms with E-state index in [-0.39, 0.29) is 6.04 Å². The lowest BCUT2D eigenvalue weighted by Gasteiger charge is -2.14. The number of benzene rings is 2. The van der Waals surface area contributed by atoms with Crippen LogP contribution < -0.4 is 9.98 Å². The van der Waals surface area contributed by atoms with Gasteiger partial charge in [0.2, 0.25) is 0 Å². The van der Waals surface area contributed by atoms with Gasteiger partial charge in [-0.15, -0.1) is 0 Å². The highest BCUT2D eigenvalue weighted by Crippen LogP contribution is 2.25. The molecule has 0 aliphatic carbocycles. The van der Waals surface area contributed by atoms with E-state index in [0.717, 1.165) is 11.1 Å². The topological polar surface area (TPSA) is 52.2 Å². The Hall–Kier alpha value is -1.54. The molecule has 0 fully saturated rings. The Morgan fingerprint density at radius 2 is 1.29 bits per heavy atom. The van der Waals surface area contributed by atoms with Gasteiger partial charge in [-0.1, -0.05) is 70.3 Å². The molecule has 0 radical (unpaired) electrons. The van der Waals surface area contributed by atoms with Crippen molar-refractivity contribution in [3.05, 3.63) is 71.8 Å². The highest BCUT2D eigenvalue weighted by Gasteiger charge is 2.18. The highest BCUT2D eigenvalue weighted by atomic mass is 31.1. The number of rotatable bonds is 4. The number of hydrogen-bond acceptors (Lipinski definition) is 2. The van der Waals surface area contributed by atoms with Crippen LogP contribution in [0.2, 0.25) is 0 Å². The van der Waals surface area contributed by atoms with E-state index in [0.29, 0.717) is 0 Å². The molecule has 0 heterocycles. The molecule has 0 aliphatic heterocycles. The molecule has 2 aromatic carbocycles. The lowest BCUT2D eigenvalue weighted by Crippen LogP contribution is -2.18. The van der Waals surface area contributed by atoms with Crippen molar-refractivity contribution in [2.24, 2.45) is 0 Å². The summed E-state index contributed by atoms with van der Waals surface area (Å²) in [4.78, 5) is 10.9. The second-order valence-electron chi connectivity index (χ2n) is 3.64. The van der Waals surface area contributed by atoms with E-state index in [4.69, 9.17) is 0 Å². The minimum Gasteiger partial charge on any atom is -0.578 e.